The molecule has 1 aromatic heterocycles. The van der Waals surface area contributed by atoms with Crippen molar-refractivity contribution < 1.29 is 4.39 Å². The molecule has 1 heterocycles. The van der Waals surface area contributed by atoms with Crippen LogP contribution in [0, 0.1) is 20.7 Å². The van der Waals surface area contributed by atoms with Crippen molar-refractivity contribution in [1.29, 1.82) is 0 Å². The molecule has 0 fully saturated rings. The first-order valence-corrected chi connectivity index (χ1v) is 8.64. The van der Waals surface area contributed by atoms with Gasteiger partial charge in [-0.25, -0.2) is 9.37 Å². The summed E-state index contributed by atoms with van der Waals surface area (Å²) in [6, 6.07) is 3.36. The fourth-order valence-electron chi connectivity index (χ4n) is 2.20. The summed E-state index contributed by atoms with van der Waals surface area (Å²) in [4.78, 5) is 4.62. The van der Waals surface area contributed by atoms with Crippen molar-refractivity contribution in [3.63, 3.8) is 0 Å². The SMILES string of the molecule is CC(Cl)c1nc2cc(I)c(F)cc2n1CC(C)(C)C(C)C. The molecular formula is C16H21ClFIN2. The summed E-state index contributed by atoms with van der Waals surface area (Å²) in [7, 11) is 0. The van der Waals surface area contributed by atoms with E-state index in [0.717, 1.165) is 23.4 Å². The molecule has 116 valence electrons. The minimum absolute atomic E-state index is 0.0770. The van der Waals surface area contributed by atoms with Crippen LogP contribution in [0.3, 0.4) is 0 Å². The molecule has 2 aromatic rings. The third-order valence-electron chi connectivity index (χ3n) is 4.30. The highest BCUT2D eigenvalue weighted by Crippen LogP contribution is 2.33. The lowest BCUT2D eigenvalue weighted by molar-refractivity contribution is 0.210. The van der Waals surface area contributed by atoms with Crippen LogP contribution in [0.1, 0.15) is 45.8 Å². The summed E-state index contributed by atoms with van der Waals surface area (Å²) >= 11 is 8.28. The van der Waals surface area contributed by atoms with Gasteiger partial charge in [0.1, 0.15) is 11.6 Å². The molecule has 5 heteroatoms. The van der Waals surface area contributed by atoms with Crippen molar-refractivity contribution in [3.8, 4) is 0 Å². The fraction of sp³-hybridized carbons (Fsp3) is 0.562. The van der Waals surface area contributed by atoms with Gasteiger partial charge >= 0.3 is 0 Å². The number of benzene rings is 1. The van der Waals surface area contributed by atoms with Crippen LogP contribution in [0.5, 0.6) is 0 Å². The van der Waals surface area contributed by atoms with Gasteiger partial charge in [-0.2, -0.15) is 0 Å². The number of rotatable bonds is 4. The molecule has 0 aliphatic carbocycles. The quantitative estimate of drug-likeness (QED) is 0.452. The maximum absolute atomic E-state index is 13.9. The molecule has 0 saturated carbocycles. The molecule has 1 unspecified atom stereocenters. The van der Waals surface area contributed by atoms with Crippen LogP contribution in [0.15, 0.2) is 12.1 Å². The Hall–Kier alpha value is -0.360. The normalized spacial score (nSPS) is 14.1. The molecule has 0 radical (unpaired) electrons. The van der Waals surface area contributed by atoms with Crippen LogP contribution in [0.2, 0.25) is 0 Å². The van der Waals surface area contributed by atoms with Gasteiger partial charge < -0.3 is 4.57 Å². The summed E-state index contributed by atoms with van der Waals surface area (Å²) in [6.45, 7) is 11.5. The molecule has 0 aliphatic rings. The summed E-state index contributed by atoms with van der Waals surface area (Å²) in [5, 5.41) is -0.207. The topological polar surface area (TPSA) is 17.8 Å². The van der Waals surface area contributed by atoms with Gasteiger partial charge in [-0.3, -0.25) is 0 Å². The second-order valence-corrected chi connectivity index (χ2v) is 8.39. The molecule has 0 aliphatic heterocycles. The van der Waals surface area contributed by atoms with Crippen molar-refractivity contribution in [1.82, 2.24) is 9.55 Å². The zero-order chi connectivity index (χ0) is 15.9. The van der Waals surface area contributed by atoms with Gasteiger partial charge in [-0.1, -0.05) is 27.7 Å². The Kier molecular flexibility index (Phi) is 4.88. The van der Waals surface area contributed by atoms with E-state index in [0.29, 0.717) is 9.49 Å². The van der Waals surface area contributed by atoms with E-state index in [2.05, 4.69) is 37.2 Å². The number of fused-ring (bicyclic) bond motifs is 1. The molecule has 2 rings (SSSR count). The lowest BCUT2D eigenvalue weighted by atomic mass is 9.81. The van der Waals surface area contributed by atoms with Gasteiger partial charge in [-0.15, -0.1) is 11.6 Å². The Labute approximate surface area is 144 Å². The third kappa shape index (κ3) is 3.36. The van der Waals surface area contributed by atoms with E-state index >= 15 is 0 Å². The number of halogens is 3. The van der Waals surface area contributed by atoms with Crippen LogP contribution in [0.25, 0.3) is 11.0 Å². The number of aromatic nitrogens is 2. The number of nitrogens with zero attached hydrogens (tertiary/aromatic N) is 2. The largest absolute Gasteiger partial charge is 0.326 e. The first-order valence-electron chi connectivity index (χ1n) is 7.12. The highest BCUT2D eigenvalue weighted by molar-refractivity contribution is 14.1. The summed E-state index contributed by atoms with van der Waals surface area (Å²) in [5.41, 5.74) is 1.71. The number of alkyl halides is 1. The predicted molar refractivity (Wildman–Crippen MR) is 95.3 cm³/mol. The van der Waals surface area contributed by atoms with E-state index in [1.54, 1.807) is 12.1 Å². The maximum atomic E-state index is 13.9. The van der Waals surface area contributed by atoms with Gasteiger partial charge in [0.25, 0.3) is 0 Å². The fourth-order valence-corrected chi connectivity index (χ4v) is 2.82. The molecule has 0 amide bonds. The molecule has 1 atom stereocenters. The molecule has 0 N–H and O–H groups in total. The van der Waals surface area contributed by atoms with Gasteiger partial charge in [0.2, 0.25) is 0 Å². The molecule has 0 bridgehead atoms. The molecule has 1 aromatic carbocycles. The summed E-state index contributed by atoms with van der Waals surface area (Å²) in [6.07, 6.45) is 0. The zero-order valence-electron chi connectivity index (χ0n) is 13.0. The Bertz CT molecular complexity index is 662. The standard InChI is InChI=1S/C16H21ClFIN2/c1-9(2)16(4,5)8-21-14-6-11(18)12(19)7-13(14)20-15(21)10(3)17/h6-7,9-10H,8H2,1-5H3. The Morgan fingerprint density at radius 2 is 1.95 bits per heavy atom. The van der Waals surface area contributed by atoms with Crippen LogP contribution in [-0.4, -0.2) is 9.55 Å². The number of imidazole rings is 1. The number of hydrogen-bond acceptors (Lipinski definition) is 1. The second-order valence-electron chi connectivity index (χ2n) is 6.57. The van der Waals surface area contributed by atoms with Crippen molar-refractivity contribution in [3.05, 3.63) is 27.3 Å². The zero-order valence-corrected chi connectivity index (χ0v) is 16.0. The Morgan fingerprint density at radius 1 is 1.33 bits per heavy atom. The van der Waals surface area contributed by atoms with Crippen molar-refractivity contribution in [2.24, 2.45) is 11.3 Å². The molecule has 0 saturated heterocycles. The van der Waals surface area contributed by atoms with Crippen LogP contribution in [0.4, 0.5) is 4.39 Å². The Balaban J connectivity index is 2.64. The van der Waals surface area contributed by atoms with E-state index in [1.165, 1.54) is 0 Å². The number of hydrogen-bond donors (Lipinski definition) is 0. The van der Waals surface area contributed by atoms with Crippen LogP contribution >= 0.6 is 34.2 Å². The van der Waals surface area contributed by atoms with Gasteiger partial charge in [0, 0.05) is 12.6 Å². The van der Waals surface area contributed by atoms with Crippen LogP contribution in [-0.2, 0) is 6.54 Å². The lowest BCUT2D eigenvalue weighted by Gasteiger charge is -2.31. The lowest BCUT2D eigenvalue weighted by Crippen LogP contribution is -2.26. The first kappa shape index (κ1) is 17.0. The first-order chi connectivity index (χ1) is 9.63. The van der Waals surface area contributed by atoms with Gasteiger partial charge in [0.05, 0.1) is 20.0 Å². The monoisotopic (exact) mass is 422 g/mol. The molecule has 21 heavy (non-hydrogen) atoms. The highest BCUT2D eigenvalue weighted by Gasteiger charge is 2.26. The minimum atomic E-state index is -0.208. The average molecular weight is 423 g/mol. The smallest absolute Gasteiger partial charge is 0.138 e. The van der Waals surface area contributed by atoms with E-state index in [1.807, 2.05) is 29.5 Å². The molecule has 0 spiro atoms. The van der Waals surface area contributed by atoms with Crippen molar-refractivity contribution in [2.75, 3.05) is 0 Å². The van der Waals surface area contributed by atoms with Crippen LogP contribution < -0.4 is 0 Å². The van der Waals surface area contributed by atoms with Gasteiger partial charge in [-0.05, 0) is 46.9 Å². The summed E-state index contributed by atoms with van der Waals surface area (Å²) < 4.78 is 16.6. The highest BCUT2D eigenvalue weighted by atomic mass is 127. The minimum Gasteiger partial charge on any atom is -0.326 e. The Morgan fingerprint density at radius 3 is 2.48 bits per heavy atom. The van der Waals surface area contributed by atoms with Crippen molar-refractivity contribution >= 4 is 45.2 Å². The van der Waals surface area contributed by atoms with Crippen molar-refractivity contribution in [2.45, 2.75) is 46.5 Å². The third-order valence-corrected chi connectivity index (χ3v) is 5.33. The van der Waals surface area contributed by atoms with E-state index in [9.17, 15) is 4.39 Å². The van der Waals surface area contributed by atoms with Gasteiger partial charge in [0.15, 0.2) is 0 Å². The van der Waals surface area contributed by atoms with E-state index in [-0.39, 0.29) is 16.6 Å². The maximum Gasteiger partial charge on any atom is 0.138 e. The predicted octanol–water partition coefficient (Wildman–Crippen LogP) is 5.76. The summed E-state index contributed by atoms with van der Waals surface area (Å²) in [5.74, 6) is 1.10. The molecular weight excluding hydrogens is 402 g/mol. The second kappa shape index (κ2) is 6.03. The average Bonchev–Trinajstić information content (AvgIpc) is 2.68. The molecule has 2 nitrogen and oxygen atoms in total. The van der Waals surface area contributed by atoms with E-state index < -0.39 is 0 Å². The van der Waals surface area contributed by atoms with E-state index in [4.69, 9.17) is 11.6 Å².